The normalized spacial score (nSPS) is 11.7. The molecular formula is C10H14ClNO. The molecule has 1 aromatic rings. The summed E-state index contributed by atoms with van der Waals surface area (Å²) in [4.78, 5) is 3.95. The van der Waals surface area contributed by atoms with E-state index in [1.54, 1.807) is 12.3 Å². The topological polar surface area (TPSA) is 33.1 Å². The number of aliphatic hydroxyl groups is 1. The second-order valence-corrected chi connectivity index (χ2v) is 3.44. The maximum Gasteiger partial charge on any atom is 0.135 e. The first-order valence-corrected chi connectivity index (χ1v) is 4.85. The zero-order chi connectivity index (χ0) is 9.90. The molecule has 0 atom stereocenters. The van der Waals surface area contributed by atoms with Crippen LogP contribution in [0.2, 0.25) is 5.15 Å². The lowest BCUT2D eigenvalue weighted by Gasteiger charge is -2.25. The molecule has 72 valence electrons. The van der Waals surface area contributed by atoms with E-state index in [4.69, 9.17) is 11.6 Å². The molecule has 0 unspecified atom stereocenters. The van der Waals surface area contributed by atoms with Crippen LogP contribution in [-0.4, -0.2) is 10.1 Å². The van der Waals surface area contributed by atoms with Gasteiger partial charge in [0.25, 0.3) is 0 Å². The molecule has 0 aliphatic rings. The molecule has 0 aromatic carbocycles. The summed E-state index contributed by atoms with van der Waals surface area (Å²) >= 11 is 5.90. The third-order valence-electron chi connectivity index (χ3n) is 2.43. The first kappa shape index (κ1) is 10.5. The monoisotopic (exact) mass is 199 g/mol. The fourth-order valence-electron chi connectivity index (χ4n) is 1.36. The molecule has 3 heteroatoms. The minimum atomic E-state index is -0.828. The SMILES string of the molecule is CCC(O)(CC)c1cccnc1Cl. The van der Waals surface area contributed by atoms with Crippen molar-refractivity contribution in [3.63, 3.8) is 0 Å². The van der Waals surface area contributed by atoms with E-state index < -0.39 is 5.60 Å². The lowest BCUT2D eigenvalue weighted by atomic mass is 9.90. The van der Waals surface area contributed by atoms with Crippen molar-refractivity contribution in [2.45, 2.75) is 32.3 Å². The second-order valence-electron chi connectivity index (χ2n) is 3.08. The van der Waals surface area contributed by atoms with E-state index in [0.29, 0.717) is 18.0 Å². The fraction of sp³-hybridized carbons (Fsp3) is 0.500. The highest BCUT2D eigenvalue weighted by atomic mass is 35.5. The Kier molecular flexibility index (Phi) is 3.28. The lowest BCUT2D eigenvalue weighted by Crippen LogP contribution is -2.24. The van der Waals surface area contributed by atoms with Crippen LogP contribution in [0.4, 0.5) is 0 Å². The molecule has 0 fully saturated rings. The largest absolute Gasteiger partial charge is 0.385 e. The van der Waals surface area contributed by atoms with Gasteiger partial charge in [-0.25, -0.2) is 4.98 Å². The Balaban J connectivity index is 3.12. The number of hydrogen-bond donors (Lipinski definition) is 1. The number of halogens is 1. The van der Waals surface area contributed by atoms with E-state index in [2.05, 4.69) is 4.98 Å². The summed E-state index contributed by atoms with van der Waals surface area (Å²) in [6.07, 6.45) is 2.92. The standard InChI is InChI=1S/C10H14ClNO/c1-3-10(13,4-2)8-6-5-7-12-9(8)11/h5-7,13H,3-4H2,1-2H3. The van der Waals surface area contributed by atoms with Crippen molar-refractivity contribution in [3.8, 4) is 0 Å². The summed E-state index contributed by atoms with van der Waals surface area (Å²) in [5.74, 6) is 0. The molecule has 0 aliphatic carbocycles. The van der Waals surface area contributed by atoms with Crippen LogP contribution in [0, 0.1) is 0 Å². The molecule has 2 nitrogen and oxygen atoms in total. The average Bonchev–Trinajstić information content (AvgIpc) is 2.17. The number of rotatable bonds is 3. The smallest absolute Gasteiger partial charge is 0.135 e. The van der Waals surface area contributed by atoms with Gasteiger partial charge >= 0.3 is 0 Å². The van der Waals surface area contributed by atoms with Crippen molar-refractivity contribution in [2.24, 2.45) is 0 Å². The summed E-state index contributed by atoms with van der Waals surface area (Å²) in [5, 5.41) is 10.6. The molecule has 0 bridgehead atoms. The zero-order valence-corrected chi connectivity index (χ0v) is 8.67. The number of pyridine rings is 1. The van der Waals surface area contributed by atoms with Gasteiger partial charge in [-0.3, -0.25) is 0 Å². The first-order valence-electron chi connectivity index (χ1n) is 4.47. The van der Waals surface area contributed by atoms with Crippen molar-refractivity contribution in [1.29, 1.82) is 0 Å². The van der Waals surface area contributed by atoms with E-state index in [-0.39, 0.29) is 0 Å². The van der Waals surface area contributed by atoms with Gasteiger partial charge in [-0.05, 0) is 18.9 Å². The minimum Gasteiger partial charge on any atom is -0.385 e. The third-order valence-corrected chi connectivity index (χ3v) is 2.73. The van der Waals surface area contributed by atoms with Crippen LogP contribution in [0.5, 0.6) is 0 Å². The Bertz CT molecular complexity index is 284. The highest BCUT2D eigenvalue weighted by molar-refractivity contribution is 6.30. The van der Waals surface area contributed by atoms with Crippen molar-refractivity contribution in [3.05, 3.63) is 29.0 Å². The fourth-order valence-corrected chi connectivity index (χ4v) is 1.66. The molecule has 0 spiro atoms. The summed E-state index contributed by atoms with van der Waals surface area (Å²) in [7, 11) is 0. The van der Waals surface area contributed by atoms with Crippen molar-refractivity contribution in [2.75, 3.05) is 0 Å². The Morgan fingerprint density at radius 3 is 2.54 bits per heavy atom. The maximum atomic E-state index is 10.2. The predicted octanol–water partition coefficient (Wildman–Crippen LogP) is 2.74. The summed E-state index contributed by atoms with van der Waals surface area (Å²) in [5.41, 5.74) is -0.104. The molecule has 0 radical (unpaired) electrons. The van der Waals surface area contributed by atoms with E-state index >= 15 is 0 Å². The first-order chi connectivity index (χ1) is 6.14. The zero-order valence-electron chi connectivity index (χ0n) is 7.92. The van der Waals surface area contributed by atoms with Gasteiger partial charge in [0.1, 0.15) is 5.15 Å². The maximum absolute atomic E-state index is 10.2. The molecule has 0 aliphatic heterocycles. The Hall–Kier alpha value is -0.600. The van der Waals surface area contributed by atoms with Gasteiger partial charge < -0.3 is 5.11 Å². The van der Waals surface area contributed by atoms with Gasteiger partial charge in [0.2, 0.25) is 0 Å². The Morgan fingerprint density at radius 2 is 2.08 bits per heavy atom. The van der Waals surface area contributed by atoms with Gasteiger partial charge in [-0.1, -0.05) is 31.5 Å². The van der Waals surface area contributed by atoms with Crippen molar-refractivity contribution in [1.82, 2.24) is 4.98 Å². The quantitative estimate of drug-likeness (QED) is 0.760. The van der Waals surface area contributed by atoms with E-state index in [0.717, 1.165) is 5.56 Å². The van der Waals surface area contributed by atoms with Crippen LogP contribution < -0.4 is 0 Å². The van der Waals surface area contributed by atoms with E-state index in [1.807, 2.05) is 19.9 Å². The number of nitrogens with zero attached hydrogens (tertiary/aromatic N) is 1. The van der Waals surface area contributed by atoms with Crippen LogP contribution in [0.25, 0.3) is 0 Å². The van der Waals surface area contributed by atoms with Gasteiger partial charge in [0, 0.05) is 11.8 Å². The van der Waals surface area contributed by atoms with Gasteiger partial charge in [-0.15, -0.1) is 0 Å². The van der Waals surface area contributed by atoms with Crippen molar-refractivity contribution >= 4 is 11.6 Å². The number of hydrogen-bond acceptors (Lipinski definition) is 2. The second kappa shape index (κ2) is 4.07. The van der Waals surface area contributed by atoms with Crippen LogP contribution in [0.1, 0.15) is 32.3 Å². The van der Waals surface area contributed by atoms with Crippen LogP contribution >= 0.6 is 11.6 Å². The Labute approximate surface area is 83.6 Å². The van der Waals surface area contributed by atoms with Gasteiger partial charge in [0.05, 0.1) is 5.60 Å². The van der Waals surface area contributed by atoms with E-state index in [1.165, 1.54) is 0 Å². The van der Waals surface area contributed by atoms with E-state index in [9.17, 15) is 5.11 Å². The predicted molar refractivity (Wildman–Crippen MR) is 53.7 cm³/mol. The molecular weight excluding hydrogens is 186 g/mol. The van der Waals surface area contributed by atoms with Crippen LogP contribution in [-0.2, 0) is 5.60 Å². The highest BCUT2D eigenvalue weighted by Gasteiger charge is 2.27. The summed E-state index contributed by atoms with van der Waals surface area (Å²) in [6, 6.07) is 3.61. The molecule has 0 amide bonds. The molecule has 1 heterocycles. The van der Waals surface area contributed by atoms with Gasteiger partial charge in [0.15, 0.2) is 0 Å². The molecule has 13 heavy (non-hydrogen) atoms. The molecule has 1 aromatic heterocycles. The average molecular weight is 200 g/mol. The molecule has 0 saturated carbocycles. The molecule has 0 saturated heterocycles. The summed E-state index contributed by atoms with van der Waals surface area (Å²) < 4.78 is 0. The van der Waals surface area contributed by atoms with Crippen LogP contribution in [0.15, 0.2) is 18.3 Å². The van der Waals surface area contributed by atoms with Gasteiger partial charge in [-0.2, -0.15) is 0 Å². The lowest BCUT2D eigenvalue weighted by molar-refractivity contribution is 0.0282. The molecule has 1 rings (SSSR count). The minimum absolute atomic E-state index is 0.397. The summed E-state index contributed by atoms with van der Waals surface area (Å²) in [6.45, 7) is 3.87. The van der Waals surface area contributed by atoms with Crippen LogP contribution in [0.3, 0.4) is 0 Å². The highest BCUT2D eigenvalue weighted by Crippen LogP contribution is 2.31. The Morgan fingerprint density at radius 1 is 1.46 bits per heavy atom. The van der Waals surface area contributed by atoms with Crippen molar-refractivity contribution < 1.29 is 5.11 Å². The number of aromatic nitrogens is 1. The third kappa shape index (κ3) is 2.01. The molecule has 1 N–H and O–H groups in total.